The average Bonchev–Trinajstić information content (AvgIpc) is 3.33. The van der Waals surface area contributed by atoms with Crippen LogP contribution in [-0.2, 0) is 14.3 Å². The van der Waals surface area contributed by atoms with E-state index in [0.717, 1.165) is 50.5 Å². The van der Waals surface area contributed by atoms with Crippen molar-refractivity contribution in [3.8, 4) is 11.3 Å². The minimum atomic E-state index is -5.08. The van der Waals surface area contributed by atoms with E-state index in [0.29, 0.717) is 12.2 Å². The third-order valence-electron chi connectivity index (χ3n) is 4.42. The summed E-state index contributed by atoms with van der Waals surface area (Å²) in [5.41, 5.74) is 2.27. The topological polar surface area (TPSA) is 145 Å². The van der Waals surface area contributed by atoms with E-state index in [1.807, 2.05) is 30.3 Å². The van der Waals surface area contributed by atoms with Gasteiger partial charge in [-0.05, 0) is 19.0 Å². The molecule has 37 heavy (non-hydrogen) atoms. The van der Waals surface area contributed by atoms with Gasteiger partial charge in [-0.3, -0.25) is 14.8 Å². The maximum Gasteiger partial charge on any atom is 0.490 e. The third-order valence-corrected chi connectivity index (χ3v) is 4.42. The molecule has 0 bridgehead atoms. The molecule has 0 unspecified atom stereocenters. The predicted molar refractivity (Wildman–Crippen MR) is 116 cm³/mol. The van der Waals surface area contributed by atoms with Crippen molar-refractivity contribution < 1.29 is 55.7 Å². The molecule has 3 rings (SSSR count). The van der Waals surface area contributed by atoms with E-state index >= 15 is 0 Å². The van der Waals surface area contributed by atoms with Crippen LogP contribution in [0.2, 0.25) is 0 Å². The first-order valence-electron chi connectivity index (χ1n) is 10.5. The fourth-order valence-corrected chi connectivity index (χ4v) is 2.62. The summed E-state index contributed by atoms with van der Waals surface area (Å²) in [5.74, 6) is -5.62. The molecule has 2 heterocycles. The van der Waals surface area contributed by atoms with Gasteiger partial charge in [-0.2, -0.15) is 31.4 Å². The number of hydrogen-bond acceptors (Lipinski definition) is 6. The highest BCUT2D eigenvalue weighted by Gasteiger charge is 2.38. The fraction of sp³-hybridized carbons (Fsp3) is 0.429. The van der Waals surface area contributed by atoms with Gasteiger partial charge in [0.25, 0.3) is 5.91 Å². The van der Waals surface area contributed by atoms with E-state index < -0.39 is 24.3 Å². The highest BCUT2D eigenvalue weighted by atomic mass is 19.4. The highest BCUT2D eigenvalue weighted by Crippen LogP contribution is 2.17. The van der Waals surface area contributed by atoms with Crippen LogP contribution in [0.4, 0.5) is 26.3 Å². The lowest BCUT2D eigenvalue weighted by Gasteiger charge is -2.26. The molecule has 1 aromatic carbocycles. The van der Waals surface area contributed by atoms with Crippen LogP contribution in [0.1, 0.15) is 16.9 Å². The van der Waals surface area contributed by atoms with Crippen LogP contribution in [0.25, 0.3) is 11.3 Å². The maximum absolute atomic E-state index is 12.1. The Morgan fingerprint density at radius 2 is 1.49 bits per heavy atom. The number of amides is 1. The van der Waals surface area contributed by atoms with Crippen molar-refractivity contribution in [2.45, 2.75) is 18.8 Å². The number of carboxylic acid groups (broad SMARTS) is 2. The van der Waals surface area contributed by atoms with Crippen molar-refractivity contribution in [3.05, 3.63) is 42.1 Å². The highest BCUT2D eigenvalue weighted by molar-refractivity contribution is 5.93. The molecule has 16 heteroatoms. The van der Waals surface area contributed by atoms with Crippen LogP contribution in [-0.4, -0.2) is 94.9 Å². The minimum Gasteiger partial charge on any atom is -0.475 e. The second-order valence-corrected chi connectivity index (χ2v) is 7.20. The van der Waals surface area contributed by atoms with Gasteiger partial charge >= 0.3 is 24.3 Å². The second-order valence-electron chi connectivity index (χ2n) is 7.20. The van der Waals surface area contributed by atoms with Crippen molar-refractivity contribution in [2.24, 2.45) is 0 Å². The zero-order valence-electron chi connectivity index (χ0n) is 19.1. The van der Waals surface area contributed by atoms with Crippen LogP contribution in [0.3, 0.4) is 0 Å². The van der Waals surface area contributed by atoms with Crippen LogP contribution in [0.5, 0.6) is 0 Å². The standard InChI is InChI=1S/C17H22N4O2.2C2HF3O2/c22-17(18-7-4-8-21-9-11-23-12-10-21)16-13-15(19-20-16)14-5-2-1-3-6-14;2*3-2(4,5)1(6)7/h1-3,5-6,13H,4,7-12H2,(H,18,22)(H,19,20);2*(H,6,7). The van der Waals surface area contributed by atoms with E-state index in [1.54, 1.807) is 6.07 Å². The number of nitrogens with one attached hydrogen (secondary N) is 2. The summed E-state index contributed by atoms with van der Waals surface area (Å²) in [6.07, 6.45) is -9.23. The number of aromatic nitrogens is 2. The molecular formula is C21H24F6N4O6. The van der Waals surface area contributed by atoms with Gasteiger partial charge in [0.05, 0.1) is 18.9 Å². The molecule has 0 atom stereocenters. The van der Waals surface area contributed by atoms with Gasteiger partial charge in [-0.25, -0.2) is 9.59 Å². The monoisotopic (exact) mass is 542 g/mol. The van der Waals surface area contributed by atoms with Crippen molar-refractivity contribution in [2.75, 3.05) is 39.4 Å². The normalized spacial score (nSPS) is 13.9. The summed E-state index contributed by atoms with van der Waals surface area (Å²) in [7, 11) is 0. The molecule has 1 fully saturated rings. The van der Waals surface area contributed by atoms with Crippen LogP contribution in [0, 0.1) is 0 Å². The summed E-state index contributed by atoms with van der Waals surface area (Å²) in [6.45, 7) is 5.23. The number of aromatic amines is 1. The number of rotatable bonds is 6. The van der Waals surface area contributed by atoms with E-state index in [4.69, 9.17) is 24.5 Å². The molecule has 0 spiro atoms. The first-order valence-corrected chi connectivity index (χ1v) is 10.5. The Hall–Kier alpha value is -3.66. The van der Waals surface area contributed by atoms with Crippen molar-refractivity contribution in [1.82, 2.24) is 20.4 Å². The Balaban J connectivity index is 0.000000404. The molecule has 4 N–H and O–H groups in total. The number of carbonyl (C=O) groups is 3. The van der Waals surface area contributed by atoms with Gasteiger partial charge in [0.15, 0.2) is 0 Å². The number of morpholine rings is 1. The Morgan fingerprint density at radius 1 is 0.973 bits per heavy atom. The second kappa shape index (κ2) is 14.8. The molecule has 1 amide bonds. The Bertz CT molecular complexity index is 967. The predicted octanol–water partition coefficient (Wildman–Crippen LogP) is 2.80. The molecule has 0 aliphatic carbocycles. The van der Waals surface area contributed by atoms with Crippen LogP contribution in [0.15, 0.2) is 36.4 Å². The number of alkyl halides is 6. The quantitative estimate of drug-likeness (QED) is 0.322. The molecule has 1 aromatic heterocycles. The van der Waals surface area contributed by atoms with E-state index in [2.05, 4.69) is 20.4 Å². The molecule has 0 saturated carbocycles. The first kappa shape index (κ1) is 31.4. The van der Waals surface area contributed by atoms with E-state index in [9.17, 15) is 31.1 Å². The first-order chi connectivity index (χ1) is 17.2. The molecule has 2 aromatic rings. The van der Waals surface area contributed by atoms with Gasteiger partial charge in [0.2, 0.25) is 0 Å². The summed E-state index contributed by atoms with van der Waals surface area (Å²) >= 11 is 0. The summed E-state index contributed by atoms with van der Waals surface area (Å²) < 4.78 is 68.8. The number of hydrogen-bond donors (Lipinski definition) is 4. The number of nitrogens with zero attached hydrogens (tertiary/aromatic N) is 2. The third kappa shape index (κ3) is 12.7. The number of H-pyrrole nitrogens is 1. The summed E-state index contributed by atoms with van der Waals surface area (Å²) in [4.78, 5) is 32.3. The lowest BCUT2D eigenvalue weighted by molar-refractivity contribution is -0.193. The Morgan fingerprint density at radius 3 is 1.97 bits per heavy atom. The molecule has 1 aliphatic rings. The van der Waals surface area contributed by atoms with Gasteiger partial charge in [-0.1, -0.05) is 30.3 Å². The van der Waals surface area contributed by atoms with Crippen LogP contribution >= 0.6 is 0 Å². The van der Waals surface area contributed by atoms with Gasteiger partial charge < -0.3 is 20.3 Å². The largest absolute Gasteiger partial charge is 0.490 e. The lowest BCUT2D eigenvalue weighted by Crippen LogP contribution is -2.38. The summed E-state index contributed by atoms with van der Waals surface area (Å²) in [5, 5.41) is 24.2. The van der Waals surface area contributed by atoms with Crippen molar-refractivity contribution in [1.29, 1.82) is 0 Å². The number of carboxylic acids is 2. The molecule has 1 saturated heterocycles. The number of benzene rings is 1. The van der Waals surface area contributed by atoms with Crippen molar-refractivity contribution in [3.63, 3.8) is 0 Å². The molecule has 206 valence electrons. The number of aliphatic carboxylic acids is 2. The zero-order valence-corrected chi connectivity index (χ0v) is 19.1. The SMILES string of the molecule is O=C(NCCCN1CCOCC1)c1cc(-c2ccccc2)n[nH]1.O=C(O)C(F)(F)F.O=C(O)C(F)(F)F. The molecule has 0 radical (unpaired) electrons. The lowest BCUT2D eigenvalue weighted by atomic mass is 10.1. The molecular weight excluding hydrogens is 518 g/mol. The minimum absolute atomic E-state index is 0.110. The van der Waals surface area contributed by atoms with E-state index in [1.165, 1.54) is 0 Å². The maximum atomic E-state index is 12.1. The van der Waals surface area contributed by atoms with Gasteiger partial charge in [0, 0.05) is 25.2 Å². The Kier molecular flexibility index (Phi) is 12.5. The molecule has 1 aliphatic heterocycles. The number of carbonyl (C=O) groups excluding carboxylic acids is 1. The Labute approximate surface area is 206 Å². The fourth-order valence-electron chi connectivity index (χ4n) is 2.62. The number of ether oxygens (including phenoxy) is 1. The van der Waals surface area contributed by atoms with Crippen molar-refractivity contribution >= 4 is 17.8 Å². The van der Waals surface area contributed by atoms with Crippen LogP contribution < -0.4 is 5.32 Å². The smallest absolute Gasteiger partial charge is 0.475 e. The number of halogens is 6. The average molecular weight is 542 g/mol. The van der Waals surface area contributed by atoms with Gasteiger partial charge in [0.1, 0.15) is 5.69 Å². The summed E-state index contributed by atoms with van der Waals surface area (Å²) in [6, 6.07) is 11.6. The van der Waals surface area contributed by atoms with E-state index in [-0.39, 0.29) is 5.91 Å². The van der Waals surface area contributed by atoms with Gasteiger partial charge in [-0.15, -0.1) is 0 Å². The molecule has 10 nitrogen and oxygen atoms in total. The zero-order chi connectivity index (χ0) is 28.1.